The Hall–Kier alpha value is -0.530. The molecule has 0 amide bonds. The van der Waals surface area contributed by atoms with Crippen molar-refractivity contribution in [1.82, 2.24) is 0 Å². The molecule has 0 aromatic heterocycles. The lowest BCUT2D eigenvalue weighted by Gasteiger charge is -2.29. The number of hydrogen-bond acceptors (Lipinski definition) is 1. The van der Waals surface area contributed by atoms with E-state index < -0.39 is 5.97 Å². The third kappa shape index (κ3) is 1.68. The van der Waals surface area contributed by atoms with Gasteiger partial charge in [0.15, 0.2) is 0 Å². The van der Waals surface area contributed by atoms with Crippen LogP contribution in [0.5, 0.6) is 0 Å². The van der Waals surface area contributed by atoms with Gasteiger partial charge in [-0.05, 0) is 37.0 Å². The third-order valence-electron chi connectivity index (χ3n) is 4.60. The van der Waals surface area contributed by atoms with Gasteiger partial charge in [-0.1, -0.05) is 33.1 Å². The van der Waals surface area contributed by atoms with Crippen LogP contribution in [0.4, 0.5) is 0 Å². The van der Waals surface area contributed by atoms with Crippen molar-refractivity contribution in [1.29, 1.82) is 0 Å². The molecule has 15 heavy (non-hydrogen) atoms. The van der Waals surface area contributed by atoms with E-state index in [9.17, 15) is 9.90 Å². The van der Waals surface area contributed by atoms with E-state index in [1.54, 1.807) is 0 Å². The molecule has 0 spiro atoms. The minimum absolute atomic E-state index is 0.325. The zero-order chi connectivity index (χ0) is 11.1. The fourth-order valence-corrected chi connectivity index (χ4v) is 3.64. The predicted octanol–water partition coefficient (Wildman–Crippen LogP) is 3.31. The highest BCUT2D eigenvalue weighted by Crippen LogP contribution is 2.64. The molecular formula is C13H22O2. The summed E-state index contributed by atoms with van der Waals surface area (Å²) in [5.41, 5.74) is -0.325. The second-order valence-corrected chi connectivity index (χ2v) is 5.74. The summed E-state index contributed by atoms with van der Waals surface area (Å²) in [6.07, 6.45) is 7.02. The van der Waals surface area contributed by atoms with E-state index in [-0.39, 0.29) is 5.41 Å². The highest BCUT2D eigenvalue weighted by atomic mass is 16.4. The Morgan fingerprint density at radius 1 is 1.27 bits per heavy atom. The third-order valence-corrected chi connectivity index (χ3v) is 4.60. The standard InChI is InChI=1S/C13H22O2/c1-9(2)11-8-13(11,12(14)15)10-6-4-3-5-7-10/h9-11H,3-8H2,1-2H3,(H,14,15). The van der Waals surface area contributed by atoms with Gasteiger partial charge in [0.25, 0.3) is 0 Å². The summed E-state index contributed by atoms with van der Waals surface area (Å²) in [5, 5.41) is 9.48. The van der Waals surface area contributed by atoms with Crippen molar-refractivity contribution >= 4 is 5.97 Å². The topological polar surface area (TPSA) is 37.3 Å². The first-order valence-electron chi connectivity index (χ1n) is 6.32. The molecule has 2 nitrogen and oxygen atoms in total. The maximum Gasteiger partial charge on any atom is 0.310 e. The first-order chi connectivity index (χ1) is 7.09. The van der Waals surface area contributed by atoms with E-state index in [0.717, 1.165) is 19.3 Å². The number of carbonyl (C=O) groups is 1. The van der Waals surface area contributed by atoms with Gasteiger partial charge in [0.05, 0.1) is 5.41 Å². The molecule has 2 unspecified atom stereocenters. The van der Waals surface area contributed by atoms with Crippen LogP contribution in [0, 0.1) is 23.2 Å². The Labute approximate surface area is 92.1 Å². The molecule has 2 heteroatoms. The summed E-state index contributed by atoms with van der Waals surface area (Å²) in [6.45, 7) is 4.33. The van der Waals surface area contributed by atoms with Crippen LogP contribution in [-0.4, -0.2) is 11.1 Å². The molecule has 2 atom stereocenters. The zero-order valence-corrected chi connectivity index (χ0v) is 9.83. The van der Waals surface area contributed by atoms with E-state index >= 15 is 0 Å². The Morgan fingerprint density at radius 2 is 1.87 bits per heavy atom. The van der Waals surface area contributed by atoms with Crippen molar-refractivity contribution in [3.63, 3.8) is 0 Å². The van der Waals surface area contributed by atoms with E-state index in [2.05, 4.69) is 13.8 Å². The summed E-state index contributed by atoms with van der Waals surface area (Å²) >= 11 is 0. The minimum Gasteiger partial charge on any atom is -0.481 e. The summed E-state index contributed by atoms with van der Waals surface area (Å²) in [6, 6.07) is 0. The van der Waals surface area contributed by atoms with Crippen LogP contribution in [0.25, 0.3) is 0 Å². The molecule has 2 fully saturated rings. The van der Waals surface area contributed by atoms with Crippen LogP contribution in [0.2, 0.25) is 0 Å². The summed E-state index contributed by atoms with van der Waals surface area (Å²) in [4.78, 5) is 11.5. The quantitative estimate of drug-likeness (QED) is 0.776. The van der Waals surface area contributed by atoms with E-state index in [1.807, 2.05) is 0 Å². The maximum absolute atomic E-state index is 11.5. The van der Waals surface area contributed by atoms with E-state index in [4.69, 9.17) is 0 Å². The van der Waals surface area contributed by atoms with E-state index in [1.165, 1.54) is 19.3 Å². The zero-order valence-electron chi connectivity index (χ0n) is 9.83. The lowest BCUT2D eigenvalue weighted by atomic mass is 9.75. The van der Waals surface area contributed by atoms with Gasteiger partial charge in [-0.3, -0.25) is 4.79 Å². The van der Waals surface area contributed by atoms with Gasteiger partial charge >= 0.3 is 5.97 Å². The number of hydrogen-bond donors (Lipinski definition) is 1. The van der Waals surface area contributed by atoms with Crippen LogP contribution in [0.1, 0.15) is 52.4 Å². The number of carboxylic acids is 1. The molecule has 0 bridgehead atoms. The van der Waals surface area contributed by atoms with Crippen LogP contribution >= 0.6 is 0 Å². The lowest BCUT2D eigenvalue weighted by molar-refractivity contribution is -0.147. The van der Waals surface area contributed by atoms with Crippen molar-refractivity contribution in [3.05, 3.63) is 0 Å². The molecule has 0 aromatic rings. The summed E-state index contributed by atoms with van der Waals surface area (Å²) in [5.74, 6) is 0.922. The fourth-order valence-electron chi connectivity index (χ4n) is 3.64. The fraction of sp³-hybridized carbons (Fsp3) is 0.923. The first-order valence-corrected chi connectivity index (χ1v) is 6.32. The normalized spacial score (nSPS) is 36.9. The van der Waals surface area contributed by atoms with Gasteiger partial charge < -0.3 is 5.11 Å². The lowest BCUT2D eigenvalue weighted by Crippen LogP contribution is -2.30. The van der Waals surface area contributed by atoms with Crippen LogP contribution < -0.4 is 0 Å². The van der Waals surface area contributed by atoms with Crippen LogP contribution in [0.3, 0.4) is 0 Å². The molecular weight excluding hydrogens is 188 g/mol. The molecule has 2 aliphatic rings. The Balaban J connectivity index is 2.11. The molecule has 86 valence electrons. The van der Waals surface area contributed by atoms with Crippen LogP contribution in [0.15, 0.2) is 0 Å². The highest BCUT2D eigenvalue weighted by Gasteiger charge is 2.64. The molecule has 2 rings (SSSR count). The van der Waals surface area contributed by atoms with Gasteiger partial charge in [0.2, 0.25) is 0 Å². The molecule has 0 aromatic carbocycles. The predicted molar refractivity (Wildman–Crippen MR) is 59.6 cm³/mol. The minimum atomic E-state index is -0.520. The van der Waals surface area contributed by atoms with Crippen molar-refractivity contribution < 1.29 is 9.90 Å². The summed E-state index contributed by atoms with van der Waals surface area (Å²) < 4.78 is 0. The van der Waals surface area contributed by atoms with E-state index in [0.29, 0.717) is 17.8 Å². The number of rotatable bonds is 3. The maximum atomic E-state index is 11.5. The van der Waals surface area contributed by atoms with Gasteiger partial charge in [0.1, 0.15) is 0 Å². The molecule has 0 heterocycles. The van der Waals surface area contributed by atoms with Crippen molar-refractivity contribution in [2.75, 3.05) is 0 Å². The Morgan fingerprint density at radius 3 is 2.27 bits per heavy atom. The van der Waals surface area contributed by atoms with Gasteiger partial charge in [-0.15, -0.1) is 0 Å². The Kier molecular flexibility index (Phi) is 2.78. The van der Waals surface area contributed by atoms with Crippen molar-refractivity contribution in [2.24, 2.45) is 23.2 Å². The molecule has 2 aliphatic carbocycles. The largest absolute Gasteiger partial charge is 0.481 e. The average Bonchev–Trinajstić information content (AvgIpc) is 2.95. The second kappa shape index (κ2) is 3.80. The van der Waals surface area contributed by atoms with Gasteiger partial charge in [-0.2, -0.15) is 0 Å². The molecule has 0 aliphatic heterocycles. The van der Waals surface area contributed by atoms with Gasteiger partial charge in [0, 0.05) is 0 Å². The van der Waals surface area contributed by atoms with Gasteiger partial charge in [-0.25, -0.2) is 0 Å². The Bertz CT molecular complexity index is 253. The molecule has 0 saturated heterocycles. The monoisotopic (exact) mass is 210 g/mol. The molecule has 2 saturated carbocycles. The molecule has 0 radical (unpaired) electrons. The smallest absolute Gasteiger partial charge is 0.310 e. The second-order valence-electron chi connectivity index (χ2n) is 5.74. The SMILES string of the molecule is CC(C)C1CC1(C(=O)O)C1CCCCC1. The molecule has 1 N–H and O–H groups in total. The summed E-state index contributed by atoms with van der Waals surface area (Å²) in [7, 11) is 0. The average molecular weight is 210 g/mol. The van der Waals surface area contributed by atoms with Crippen molar-refractivity contribution in [2.45, 2.75) is 52.4 Å². The first kappa shape index (κ1) is 11.0. The van der Waals surface area contributed by atoms with Crippen LogP contribution in [-0.2, 0) is 4.79 Å². The van der Waals surface area contributed by atoms with Crippen molar-refractivity contribution in [3.8, 4) is 0 Å². The highest BCUT2D eigenvalue weighted by molar-refractivity contribution is 5.79. The number of aliphatic carboxylic acids is 1. The number of carboxylic acid groups (broad SMARTS) is 1.